The number of H-pyrrole nitrogens is 1. The van der Waals surface area contributed by atoms with Crippen LogP contribution in [0.1, 0.15) is 0 Å². The van der Waals surface area contributed by atoms with E-state index in [1.54, 1.807) is 6.20 Å². The summed E-state index contributed by atoms with van der Waals surface area (Å²) in [7, 11) is 0. The molecule has 0 fully saturated rings. The van der Waals surface area contributed by atoms with Crippen molar-refractivity contribution >= 4 is 0 Å². The maximum Gasteiger partial charge on any atom is 0.266 e. The third kappa shape index (κ3) is 1.20. The summed E-state index contributed by atoms with van der Waals surface area (Å²) in [4.78, 5) is 10.7. The van der Waals surface area contributed by atoms with Crippen molar-refractivity contribution < 1.29 is 0 Å². The Morgan fingerprint density at radius 1 is 1.78 bits per heavy atom. The van der Waals surface area contributed by atoms with Crippen LogP contribution in [0.5, 0.6) is 0 Å². The van der Waals surface area contributed by atoms with Crippen molar-refractivity contribution in [1.29, 1.82) is 0 Å². The molecule has 1 aromatic heterocycles. The smallest absolute Gasteiger partial charge is 0.266 e. The number of nitrogens with one attached hydrogen (secondary N) is 1. The lowest BCUT2D eigenvalue weighted by atomic mass is 10.6. The predicted molar refractivity (Wildman–Crippen MR) is 34.1 cm³/mol. The SMILES string of the molecule is NCCn1[nH]ccc1=O. The van der Waals surface area contributed by atoms with E-state index in [0.717, 1.165) is 0 Å². The van der Waals surface area contributed by atoms with Crippen LogP contribution in [0.2, 0.25) is 0 Å². The van der Waals surface area contributed by atoms with Crippen molar-refractivity contribution in [1.82, 2.24) is 9.78 Å². The molecule has 0 atom stereocenters. The molecular formula is C5H9N3O. The molecule has 50 valence electrons. The molecule has 0 spiro atoms. The maximum absolute atomic E-state index is 10.7. The highest BCUT2D eigenvalue weighted by Gasteiger charge is 1.90. The highest BCUT2D eigenvalue weighted by atomic mass is 16.1. The number of rotatable bonds is 2. The van der Waals surface area contributed by atoms with Crippen LogP contribution in [0.4, 0.5) is 0 Å². The lowest BCUT2D eigenvalue weighted by Crippen LogP contribution is -2.20. The zero-order chi connectivity index (χ0) is 6.69. The predicted octanol–water partition coefficient (Wildman–Crippen LogP) is -0.865. The van der Waals surface area contributed by atoms with Crippen molar-refractivity contribution in [2.24, 2.45) is 5.73 Å². The van der Waals surface area contributed by atoms with Gasteiger partial charge >= 0.3 is 0 Å². The van der Waals surface area contributed by atoms with Gasteiger partial charge in [-0.2, -0.15) is 0 Å². The van der Waals surface area contributed by atoms with Gasteiger partial charge in [0.25, 0.3) is 5.56 Å². The zero-order valence-electron chi connectivity index (χ0n) is 5.00. The maximum atomic E-state index is 10.7. The lowest BCUT2D eigenvalue weighted by molar-refractivity contribution is 0.606. The third-order valence-corrected chi connectivity index (χ3v) is 1.08. The van der Waals surface area contributed by atoms with Crippen LogP contribution >= 0.6 is 0 Å². The molecule has 4 heteroatoms. The molecule has 0 bridgehead atoms. The van der Waals surface area contributed by atoms with Gasteiger partial charge in [-0.05, 0) is 0 Å². The molecule has 0 aliphatic rings. The molecule has 1 rings (SSSR count). The fraction of sp³-hybridized carbons (Fsp3) is 0.400. The van der Waals surface area contributed by atoms with Crippen LogP contribution in [-0.4, -0.2) is 16.3 Å². The van der Waals surface area contributed by atoms with Crippen molar-refractivity contribution in [3.63, 3.8) is 0 Å². The molecule has 0 saturated carbocycles. The highest BCUT2D eigenvalue weighted by Crippen LogP contribution is 1.71. The topological polar surface area (TPSA) is 63.8 Å². The number of nitrogens with two attached hydrogens (primary N) is 1. The van der Waals surface area contributed by atoms with Gasteiger partial charge in [0, 0.05) is 18.8 Å². The molecule has 0 unspecified atom stereocenters. The molecule has 0 aliphatic carbocycles. The first-order chi connectivity index (χ1) is 4.34. The Morgan fingerprint density at radius 3 is 3.00 bits per heavy atom. The molecule has 9 heavy (non-hydrogen) atoms. The summed E-state index contributed by atoms with van der Waals surface area (Å²) in [6.07, 6.45) is 1.60. The molecule has 0 amide bonds. The molecule has 4 nitrogen and oxygen atoms in total. The van der Waals surface area contributed by atoms with Gasteiger partial charge in [-0.25, -0.2) is 0 Å². The number of aromatic nitrogens is 2. The summed E-state index contributed by atoms with van der Waals surface area (Å²) in [5, 5.41) is 2.73. The van der Waals surface area contributed by atoms with Gasteiger partial charge in [0.05, 0.1) is 6.54 Å². The van der Waals surface area contributed by atoms with E-state index in [9.17, 15) is 4.79 Å². The van der Waals surface area contributed by atoms with E-state index >= 15 is 0 Å². The number of hydrogen-bond acceptors (Lipinski definition) is 2. The summed E-state index contributed by atoms with van der Waals surface area (Å²) in [5.74, 6) is 0. The van der Waals surface area contributed by atoms with E-state index in [4.69, 9.17) is 5.73 Å². The summed E-state index contributed by atoms with van der Waals surface area (Å²) >= 11 is 0. The van der Waals surface area contributed by atoms with E-state index < -0.39 is 0 Å². The fourth-order valence-corrected chi connectivity index (χ4v) is 0.656. The van der Waals surface area contributed by atoms with Crippen molar-refractivity contribution in [2.75, 3.05) is 6.54 Å². The normalized spacial score (nSPS) is 9.89. The van der Waals surface area contributed by atoms with E-state index in [2.05, 4.69) is 5.10 Å². The Labute approximate surface area is 52.3 Å². The van der Waals surface area contributed by atoms with Gasteiger partial charge in [-0.1, -0.05) is 0 Å². The van der Waals surface area contributed by atoms with Crippen LogP contribution in [0.3, 0.4) is 0 Å². The van der Waals surface area contributed by atoms with Gasteiger partial charge in [-0.3, -0.25) is 9.48 Å². The molecule has 1 heterocycles. The van der Waals surface area contributed by atoms with Crippen molar-refractivity contribution in [2.45, 2.75) is 6.54 Å². The molecule has 0 radical (unpaired) electrons. The van der Waals surface area contributed by atoms with Gasteiger partial charge in [-0.15, -0.1) is 0 Å². The van der Waals surface area contributed by atoms with Gasteiger partial charge in [0.15, 0.2) is 0 Å². The number of nitrogens with zero attached hydrogens (tertiary/aromatic N) is 1. The van der Waals surface area contributed by atoms with Crippen LogP contribution in [-0.2, 0) is 6.54 Å². The lowest BCUT2D eigenvalue weighted by Gasteiger charge is -1.94. The van der Waals surface area contributed by atoms with Crippen molar-refractivity contribution in [3.8, 4) is 0 Å². The van der Waals surface area contributed by atoms with Crippen LogP contribution in [0.25, 0.3) is 0 Å². The Bertz CT molecular complexity index is 224. The highest BCUT2D eigenvalue weighted by molar-refractivity contribution is 4.79. The minimum atomic E-state index is -0.0274. The molecule has 0 aliphatic heterocycles. The number of hydrogen-bond donors (Lipinski definition) is 2. The monoisotopic (exact) mass is 127 g/mol. The summed E-state index contributed by atoms with van der Waals surface area (Å²) in [6.45, 7) is 1.05. The summed E-state index contributed by atoms with van der Waals surface area (Å²) < 4.78 is 1.46. The molecule has 3 N–H and O–H groups in total. The zero-order valence-corrected chi connectivity index (χ0v) is 5.00. The Balaban J connectivity index is 2.81. The molecule has 0 aromatic carbocycles. The second-order valence-electron chi connectivity index (χ2n) is 1.74. The summed E-state index contributed by atoms with van der Waals surface area (Å²) in [6, 6.07) is 1.47. The van der Waals surface area contributed by atoms with Gasteiger partial charge in [0.2, 0.25) is 0 Å². The molecular weight excluding hydrogens is 118 g/mol. The molecule has 0 saturated heterocycles. The Hall–Kier alpha value is -1.03. The second kappa shape index (κ2) is 2.50. The average Bonchev–Trinajstić information content (AvgIpc) is 2.18. The van der Waals surface area contributed by atoms with Crippen molar-refractivity contribution in [3.05, 3.63) is 22.6 Å². The fourth-order valence-electron chi connectivity index (χ4n) is 0.656. The Morgan fingerprint density at radius 2 is 2.56 bits per heavy atom. The minimum Gasteiger partial charge on any atom is -0.329 e. The van der Waals surface area contributed by atoms with Crippen LogP contribution in [0, 0.1) is 0 Å². The van der Waals surface area contributed by atoms with Crippen LogP contribution in [0.15, 0.2) is 17.1 Å². The summed E-state index contributed by atoms with van der Waals surface area (Å²) in [5.41, 5.74) is 5.18. The number of aromatic amines is 1. The largest absolute Gasteiger partial charge is 0.329 e. The standard InChI is InChI=1S/C5H9N3O/c6-2-4-8-5(9)1-3-7-8/h1,3,7H,2,4,6H2. The van der Waals surface area contributed by atoms with Gasteiger partial charge in [0.1, 0.15) is 0 Å². The first-order valence-electron chi connectivity index (χ1n) is 2.79. The van der Waals surface area contributed by atoms with Crippen LogP contribution < -0.4 is 11.3 Å². The van der Waals surface area contributed by atoms with E-state index in [0.29, 0.717) is 13.1 Å². The van der Waals surface area contributed by atoms with Gasteiger partial charge < -0.3 is 10.8 Å². The first kappa shape index (κ1) is 6.10. The third-order valence-electron chi connectivity index (χ3n) is 1.08. The quantitative estimate of drug-likeness (QED) is 0.542. The molecule has 1 aromatic rings. The first-order valence-corrected chi connectivity index (χ1v) is 2.79. The van der Waals surface area contributed by atoms with E-state index in [-0.39, 0.29) is 5.56 Å². The average molecular weight is 127 g/mol. The Kier molecular flexibility index (Phi) is 1.69. The minimum absolute atomic E-state index is 0.0274. The van der Waals surface area contributed by atoms with E-state index in [1.807, 2.05) is 0 Å². The second-order valence-corrected chi connectivity index (χ2v) is 1.74. The van der Waals surface area contributed by atoms with E-state index in [1.165, 1.54) is 10.7 Å².